The monoisotopic (exact) mass is 292 g/mol. The fourth-order valence-electron chi connectivity index (χ4n) is 1.40. The van der Waals surface area contributed by atoms with Gasteiger partial charge in [0.1, 0.15) is 24.2 Å². The third kappa shape index (κ3) is 6.11. The van der Waals surface area contributed by atoms with Crippen molar-refractivity contribution in [1.82, 2.24) is 4.98 Å². The number of ether oxygens (including phenoxy) is 1. The number of aromatic amines is 2. The highest BCUT2D eigenvalue weighted by Crippen LogP contribution is 2.18. The summed E-state index contributed by atoms with van der Waals surface area (Å²) in [4.78, 5) is 6.09. The minimum Gasteiger partial charge on any atom is -0.876 e. The van der Waals surface area contributed by atoms with Crippen LogP contribution >= 0.6 is 0 Å². The predicted octanol–water partition coefficient (Wildman–Crippen LogP) is 0.454. The molecule has 2 unspecified atom stereocenters. The minimum atomic E-state index is -1.21. The summed E-state index contributed by atoms with van der Waals surface area (Å²) in [7, 11) is 0. The van der Waals surface area contributed by atoms with E-state index in [-0.39, 0.29) is 5.76 Å². The molecule has 21 heavy (non-hydrogen) atoms. The van der Waals surface area contributed by atoms with E-state index in [2.05, 4.69) is 16.5 Å². The lowest BCUT2D eigenvalue weighted by Crippen LogP contribution is -2.28. The van der Waals surface area contributed by atoms with Crippen molar-refractivity contribution in [2.24, 2.45) is 0 Å². The number of benzene rings is 1. The number of rotatable bonds is 4. The lowest BCUT2D eigenvalue weighted by molar-refractivity contribution is -0.362. The molecule has 0 saturated heterocycles. The van der Waals surface area contributed by atoms with Gasteiger partial charge in [-0.1, -0.05) is 6.92 Å². The zero-order valence-electron chi connectivity index (χ0n) is 12.0. The third-order valence-electron chi connectivity index (χ3n) is 2.35. The Bertz CT molecular complexity index is 531. The third-order valence-corrected chi connectivity index (χ3v) is 2.35. The number of aliphatic hydroxyl groups excluding tert-OH is 2. The van der Waals surface area contributed by atoms with Crippen LogP contribution in [0.15, 0.2) is 49.0 Å². The first-order valence-corrected chi connectivity index (χ1v) is 6.41. The molecular formula is C15H20N2O4. The number of imidazole rings is 1. The number of nitrogens with one attached hydrogen (secondary N) is 2. The molecule has 4 N–H and O–H groups in total. The SMILES string of the molecule is C=C(C)[O-].CC(O)C(O)Oc1ccc(-c2[nH]cc[nH+]2)cc1. The number of H-pyrrole nitrogens is 2. The van der Waals surface area contributed by atoms with Crippen LogP contribution < -0.4 is 14.8 Å². The van der Waals surface area contributed by atoms with Crippen LogP contribution in [-0.2, 0) is 0 Å². The predicted molar refractivity (Wildman–Crippen MR) is 75.9 cm³/mol. The highest BCUT2D eigenvalue weighted by Gasteiger charge is 2.12. The van der Waals surface area contributed by atoms with E-state index in [0.29, 0.717) is 5.75 Å². The van der Waals surface area contributed by atoms with Crippen molar-refractivity contribution in [3.63, 3.8) is 0 Å². The molecule has 0 aliphatic heterocycles. The quantitative estimate of drug-likeness (QED) is 0.562. The second-order valence-corrected chi connectivity index (χ2v) is 4.47. The zero-order valence-corrected chi connectivity index (χ0v) is 12.0. The second-order valence-electron chi connectivity index (χ2n) is 4.47. The van der Waals surface area contributed by atoms with Gasteiger partial charge in [-0.3, -0.25) is 0 Å². The van der Waals surface area contributed by atoms with Gasteiger partial charge in [0, 0.05) is 0 Å². The molecule has 6 nitrogen and oxygen atoms in total. The van der Waals surface area contributed by atoms with Gasteiger partial charge in [0.25, 0.3) is 5.82 Å². The van der Waals surface area contributed by atoms with E-state index < -0.39 is 12.4 Å². The Labute approximate surface area is 123 Å². The topological polar surface area (TPSA) is 103 Å². The Morgan fingerprint density at radius 3 is 2.33 bits per heavy atom. The van der Waals surface area contributed by atoms with E-state index in [1.54, 1.807) is 24.5 Å². The van der Waals surface area contributed by atoms with Gasteiger partial charge < -0.3 is 20.1 Å². The Morgan fingerprint density at radius 2 is 1.90 bits per heavy atom. The first-order valence-electron chi connectivity index (χ1n) is 6.41. The standard InChI is InChI=1S/C12H14N2O3.C3H6O/c1-8(15)12(16)17-10-4-2-9(3-5-10)11-13-6-7-14-11;1-3(2)4/h2-8,12,15-16H,1H3,(H,13,14);4H,1H2,2H3. The number of aromatic nitrogens is 2. The van der Waals surface area contributed by atoms with Crippen LogP contribution in [0.5, 0.6) is 5.75 Å². The van der Waals surface area contributed by atoms with E-state index in [1.807, 2.05) is 12.1 Å². The highest BCUT2D eigenvalue weighted by atomic mass is 16.6. The average Bonchev–Trinajstić information content (AvgIpc) is 2.92. The first kappa shape index (κ1) is 16.7. The van der Waals surface area contributed by atoms with E-state index in [1.165, 1.54) is 13.8 Å². The zero-order chi connectivity index (χ0) is 15.8. The van der Waals surface area contributed by atoms with E-state index in [4.69, 9.17) is 9.84 Å². The molecule has 0 saturated carbocycles. The van der Waals surface area contributed by atoms with Crippen molar-refractivity contribution in [3.8, 4) is 17.1 Å². The molecule has 0 radical (unpaired) electrons. The molecule has 2 rings (SSSR count). The van der Waals surface area contributed by atoms with Crippen LogP contribution in [0.4, 0.5) is 0 Å². The normalized spacial score (nSPS) is 12.8. The summed E-state index contributed by atoms with van der Waals surface area (Å²) in [6.45, 7) is 5.88. The first-order chi connectivity index (χ1) is 9.90. The van der Waals surface area contributed by atoms with Gasteiger partial charge in [-0.15, -0.1) is 12.3 Å². The van der Waals surface area contributed by atoms with Crippen LogP contribution in [0, 0.1) is 0 Å². The highest BCUT2D eigenvalue weighted by molar-refractivity contribution is 5.53. The van der Waals surface area contributed by atoms with Gasteiger partial charge in [0.2, 0.25) is 6.29 Å². The van der Waals surface area contributed by atoms with Crippen LogP contribution in [0.1, 0.15) is 13.8 Å². The molecule has 1 heterocycles. The Balaban J connectivity index is 0.000000491. The summed E-state index contributed by atoms with van der Waals surface area (Å²) in [5.41, 5.74) is 0.980. The summed E-state index contributed by atoms with van der Waals surface area (Å²) < 4.78 is 5.13. The molecule has 0 aliphatic rings. The molecule has 0 fully saturated rings. The van der Waals surface area contributed by atoms with Gasteiger partial charge >= 0.3 is 0 Å². The molecule has 2 aromatic rings. The number of aliphatic hydroxyl groups is 2. The molecule has 0 amide bonds. The van der Waals surface area contributed by atoms with Crippen molar-refractivity contribution < 1.29 is 25.0 Å². The van der Waals surface area contributed by atoms with Crippen molar-refractivity contribution in [3.05, 3.63) is 49.0 Å². The van der Waals surface area contributed by atoms with E-state index in [0.717, 1.165) is 11.4 Å². The van der Waals surface area contributed by atoms with Crippen molar-refractivity contribution in [2.75, 3.05) is 0 Å². The second kappa shape index (κ2) is 8.08. The summed E-state index contributed by atoms with van der Waals surface area (Å²) in [5.74, 6) is 1.32. The number of hydrogen-bond donors (Lipinski definition) is 3. The summed E-state index contributed by atoms with van der Waals surface area (Å²) >= 11 is 0. The van der Waals surface area contributed by atoms with Crippen LogP contribution in [0.2, 0.25) is 0 Å². The molecule has 114 valence electrons. The maximum atomic E-state index is 9.35. The minimum absolute atomic E-state index is 0.0833. The summed E-state index contributed by atoms with van der Waals surface area (Å²) in [6, 6.07) is 7.17. The van der Waals surface area contributed by atoms with Gasteiger partial charge in [-0.25, -0.2) is 9.97 Å². The smallest absolute Gasteiger partial charge is 0.284 e. The largest absolute Gasteiger partial charge is 0.876 e. The van der Waals surface area contributed by atoms with Gasteiger partial charge in [-0.05, 0) is 31.2 Å². The molecular weight excluding hydrogens is 272 g/mol. The average molecular weight is 292 g/mol. The van der Waals surface area contributed by atoms with Crippen molar-refractivity contribution >= 4 is 0 Å². The van der Waals surface area contributed by atoms with Crippen LogP contribution in [-0.4, -0.2) is 27.6 Å². The lowest BCUT2D eigenvalue weighted by Gasteiger charge is -2.15. The molecule has 6 heteroatoms. The molecule has 0 spiro atoms. The Kier molecular flexibility index (Phi) is 6.45. The van der Waals surface area contributed by atoms with Crippen LogP contribution in [0.3, 0.4) is 0 Å². The van der Waals surface area contributed by atoms with E-state index >= 15 is 0 Å². The van der Waals surface area contributed by atoms with Crippen LogP contribution in [0.25, 0.3) is 11.4 Å². The summed E-state index contributed by atoms with van der Waals surface area (Å²) in [6.07, 6.45) is 1.47. The fraction of sp³-hybridized carbons (Fsp3) is 0.267. The maximum absolute atomic E-state index is 9.35. The fourth-order valence-corrected chi connectivity index (χ4v) is 1.40. The molecule has 0 bridgehead atoms. The van der Waals surface area contributed by atoms with Gasteiger partial charge in [-0.2, -0.15) is 0 Å². The molecule has 1 aromatic carbocycles. The van der Waals surface area contributed by atoms with Gasteiger partial charge in [0.05, 0.1) is 5.56 Å². The number of allylic oxidation sites excluding steroid dienone is 1. The number of hydrogen-bond acceptors (Lipinski definition) is 4. The van der Waals surface area contributed by atoms with Crippen molar-refractivity contribution in [1.29, 1.82) is 0 Å². The molecule has 0 aliphatic carbocycles. The molecule has 1 aromatic heterocycles. The summed E-state index contributed by atoms with van der Waals surface area (Å²) in [5, 5.41) is 27.8. The van der Waals surface area contributed by atoms with E-state index in [9.17, 15) is 10.2 Å². The van der Waals surface area contributed by atoms with Crippen molar-refractivity contribution in [2.45, 2.75) is 26.2 Å². The maximum Gasteiger partial charge on any atom is 0.284 e. The van der Waals surface area contributed by atoms with Gasteiger partial charge in [0.15, 0.2) is 0 Å². The Hall–Kier alpha value is -2.31. The Morgan fingerprint density at radius 1 is 1.33 bits per heavy atom. The molecule has 2 atom stereocenters. The lowest BCUT2D eigenvalue weighted by atomic mass is 10.2.